The number of aryl methyl sites for hydroxylation is 1. The van der Waals surface area contributed by atoms with Gasteiger partial charge in [-0.2, -0.15) is 15.5 Å². The molecule has 4 aromatic rings. The molecule has 0 amide bonds. The zero-order chi connectivity index (χ0) is 21.1. The molecule has 0 aromatic carbocycles. The number of pyridine rings is 1. The zero-order valence-corrected chi connectivity index (χ0v) is 17.0. The third kappa shape index (κ3) is 2.79. The normalized spacial score (nSPS) is 22.0. The summed E-state index contributed by atoms with van der Waals surface area (Å²) in [6.45, 7) is 2.79. The topological polar surface area (TPSA) is 114 Å². The maximum atomic E-state index is 9.58. The van der Waals surface area contributed by atoms with E-state index in [4.69, 9.17) is 15.7 Å². The fourth-order valence-corrected chi connectivity index (χ4v) is 4.94. The third-order valence-electron chi connectivity index (χ3n) is 6.65. The quantitative estimate of drug-likeness (QED) is 0.544. The Morgan fingerprint density at radius 1 is 1.06 bits per heavy atom. The Morgan fingerprint density at radius 3 is 2.55 bits per heavy atom. The van der Waals surface area contributed by atoms with Gasteiger partial charge in [0.15, 0.2) is 0 Å². The van der Waals surface area contributed by atoms with Gasteiger partial charge in [0, 0.05) is 49.2 Å². The third-order valence-corrected chi connectivity index (χ3v) is 6.65. The first-order chi connectivity index (χ1) is 15.2. The lowest BCUT2D eigenvalue weighted by Crippen LogP contribution is -2.26. The van der Waals surface area contributed by atoms with Crippen LogP contribution in [0, 0.1) is 29.1 Å². The molecule has 154 valence electrons. The number of aromatic nitrogens is 6. The summed E-state index contributed by atoms with van der Waals surface area (Å²) in [4.78, 5) is 11.7. The minimum atomic E-state index is 0.506. The van der Waals surface area contributed by atoms with Gasteiger partial charge in [-0.1, -0.05) is 0 Å². The number of rotatable bonds is 4. The number of hydrogen-bond donors (Lipinski definition) is 1. The number of fused-ring (bicyclic) bond motifs is 2. The predicted molar refractivity (Wildman–Crippen MR) is 115 cm³/mol. The molecule has 0 unspecified atom stereocenters. The molecule has 2 aliphatic rings. The van der Waals surface area contributed by atoms with Crippen molar-refractivity contribution in [1.82, 2.24) is 29.4 Å². The summed E-state index contributed by atoms with van der Waals surface area (Å²) < 4.78 is 3.49. The molecule has 4 aromatic heterocycles. The molecule has 5 heterocycles. The standard InChI is InChI=1S/C22H21N9/c1-29-9-15(6-27-29)13-2-16(22-14(3-23)5-28-31(22)10-13)20-7-26-21(8-25-20)30-11-18-17(4-24)19(18)12-30/h2,5-10,17-19H,4,11-12,24H2,1H3/t17-,18-,19+. The minimum absolute atomic E-state index is 0.506. The maximum Gasteiger partial charge on any atom is 0.147 e. The predicted octanol–water partition coefficient (Wildman–Crippen LogP) is 1.70. The van der Waals surface area contributed by atoms with Crippen LogP contribution in [0.25, 0.3) is 27.9 Å². The highest BCUT2D eigenvalue weighted by Gasteiger charge is 2.54. The van der Waals surface area contributed by atoms with E-state index in [2.05, 4.69) is 21.2 Å². The summed E-state index contributed by atoms with van der Waals surface area (Å²) in [5.41, 5.74) is 10.5. The van der Waals surface area contributed by atoms with Gasteiger partial charge in [-0.3, -0.25) is 9.67 Å². The maximum absolute atomic E-state index is 9.58. The average Bonchev–Trinajstić information content (AvgIpc) is 3.23. The van der Waals surface area contributed by atoms with Crippen molar-refractivity contribution in [2.75, 3.05) is 24.5 Å². The molecule has 0 bridgehead atoms. The molecule has 0 radical (unpaired) electrons. The van der Waals surface area contributed by atoms with Gasteiger partial charge in [0.25, 0.3) is 0 Å². The molecule has 1 saturated carbocycles. The average molecular weight is 411 g/mol. The summed E-state index contributed by atoms with van der Waals surface area (Å²) in [6.07, 6.45) is 10.9. The molecule has 31 heavy (non-hydrogen) atoms. The summed E-state index contributed by atoms with van der Waals surface area (Å²) >= 11 is 0. The summed E-state index contributed by atoms with van der Waals surface area (Å²) in [5, 5.41) is 18.2. The molecule has 1 saturated heterocycles. The van der Waals surface area contributed by atoms with E-state index in [-0.39, 0.29) is 0 Å². The Bertz CT molecular complexity index is 1320. The van der Waals surface area contributed by atoms with Crippen LogP contribution in [-0.4, -0.2) is 49.0 Å². The highest BCUT2D eigenvalue weighted by molar-refractivity contribution is 5.86. The van der Waals surface area contributed by atoms with Gasteiger partial charge in [-0.05, 0) is 30.4 Å². The Kier molecular flexibility index (Phi) is 3.85. The second kappa shape index (κ2) is 6.62. The summed E-state index contributed by atoms with van der Waals surface area (Å²) in [7, 11) is 1.88. The Hall–Kier alpha value is -3.77. The van der Waals surface area contributed by atoms with E-state index in [9.17, 15) is 5.26 Å². The molecule has 2 fully saturated rings. The van der Waals surface area contributed by atoms with E-state index in [0.717, 1.165) is 47.7 Å². The molecule has 6 rings (SSSR count). The number of piperidine rings is 1. The van der Waals surface area contributed by atoms with Crippen molar-refractivity contribution in [3.8, 4) is 28.5 Å². The molecule has 9 nitrogen and oxygen atoms in total. The fraction of sp³-hybridized carbons (Fsp3) is 0.318. The number of hydrogen-bond acceptors (Lipinski definition) is 7. The minimum Gasteiger partial charge on any atom is -0.355 e. The first kappa shape index (κ1) is 18.0. The lowest BCUT2D eigenvalue weighted by molar-refractivity contribution is 0.643. The van der Waals surface area contributed by atoms with E-state index < -0.39 is 0 Å². The van der Waals surface area contributed by atoms with Crippen LogP contribution in [0.2, 0.25) is 0 Å². The van der Waals surface area contributed by atoms with Crippen LogP contribution in [0.4, 0.5) is 5.82 Å². The van der Waals surface area contributed by atoms with Crippen molar-refractivity contribution in [2.45, 2.75) is 0 Å². The molecule has 1 aliphatic heterocycles. The molecular weight excluding hydrogens is 390 g/mol. The van der Waals surface area contributed by atoms with Crippen molar-refractivity contribution in [3.05, 3.63) is 48.8 Å². The van der Waals surface area contributed by atoms with Gasteiger partial charge in [-0.15, -0.1) is 0 Å². The summed E-state index contributed by atoms with van der Waals surface area (Å²) in [5.74, 6) is 2.97. The van der Waals surface area contributed by atoms with Gasteiger partial charge < -0.3 is 10.6 Å². The van der Waals surface area contributed by atoms with Crippen molar-refractivity contribution in [3.63, 3.8) is 0 Å². The van der Waals surface area contributed by atoms with Crippen LogP contribution in [0.5, 0.6) is 0 Å². The van der Waals surface area contributed by atoms with Crippen molar-refractivity contribution >= 4 is 11.3 Å². The Morgan fingerprint density at radius 2 is 1.90 bits per heavy atom. The van der Waals surface area contributed by atoms with Gasteiger partial charge in [0.2, 0.25) is 0 Å². The summed E-state index contributed by atoms with van der Waals surface area (Å²) in [6, 6.07) is 4.26. The number of nitriles is 1. The van der Waals surface area contributed by atoms with Crippen molar-refractivity contribution in [1.29, 1.82) is 5.26 Å². The smallest absolute Gasteiger partial charge is 0.147 e. The van der Waals surface area contributed by atoms with E-state index in [1.807, 2.05) is 37.9 Å². The van der Waals surface area contributed by atoms with Gasteiger partial charge in [0.05, 0.1) is 41.6 Å². The molecule has 9 heteroatoms. The highest BCUT2D eigenvalue weighted by Crippen LogP contribution is 2.51. The second-order valence-electron chi connectivity index (χ2n) is 8.40. The number of nitrogens with zero attached hydrogens (tertiary/aromatic N) is 8. The Labute approximate surface area is 178 Å². The lowest BCUT2D eigenvalue weighted by Gasteiger charge is -2.20. The van der Waals surface area contributed by atoms with E-state index in [0.29, 0.717) is 29.0 Å². The largest absolute Gasteiger partial charge is 0.355 e. The van der Waals surface area contributed by atoms with Crippen molar-refractivity contribution < 1.29 is 0 Å². The van der Waals surface area contributed by atoms with Crippen LogP contribution in [0.1, 0.15) is 5.56 Å². The first-order valence-corrected chi connectivity index (χ1v) is 10.3. The van der Waals surface area contributed by atoms with Crippen LogP contribution < -0.4 is 10.6 Å². The lowest BCUT2D eigenvalue weighted by atomic mass is 10.0. The molecule has 0 spiro atoms. The van der Waals surface area contributed by atoms with Crippen LogP contribution in [-0.2, 0) is 7.05 Å². The van der Waals surface area contributed by atoms with Crippen LogP contribution in [0.3, 0.4) is 0 Å². The van der Waals surface area contributed by atoms with E-state index in [1.54, 1.807) is 21.6 Å². The van der Waals surface area contributed by atoms with Gasteiger partial charge in [-0.25, -0.2) is 9.50 Å². The zero-order valence-electron chi connectivity index (χ0n) is 17.0. The van der Waals surface area contributed by atoms with Crippen LogP contribution >= 0.6 is 0 Å². The molecule has 2 N–H and O–H groups in total. The molecular formula is C22H21N9. The first-order valence-electron chi connectivity index (χ1n) is 10.3. The number of anilines is 1. The van der Waals surface area contributed by atoms with Crippen LogP contribution in [0.15, 0.2) is 43.2 Å². The fourth-order valence-electron chi connectivity index (χ4n) is 4.94. The second-order valence-corrected chi connectivity index (χ2v) is 8.40. The van der Waals surface area contributed by atoms with E-state index >= 15 is 0 Å². The highest BCUT2D eigenvalue weighted by atomic mass is 15.2. The number of nitrogens with two attached hydrogens (primary N) is 1. The molecule has 3 atom stereocenters. The molecule has 1 aliphatic carbocycles. The van der Waals surface area contributed by atoms with E-state index in [1.165, 1.54) is 0 Å². The van der Waals surface area contributed by atoms with Crippen molar-refractivity contribution in [2.24, 2.45) is 30.5 Å². The van der Waals surface area contributed by atoms with Gasteiger partial charge >= 0.3 is 0 Å². The Balaban J connectivity index is 1.39. The van der Waals surface area contributed by atoms with Gasteiger partial charge in [0.1, 0.15) is 11.9 Å². The monoisotopic (exact) mass is 411 g/mol. The SMILES string of the molecule is Cn1cc(-c2cc(-c3cnc(N4C[C@@H]5[C@@H](CN)[C@@H]5C4)cn3)c3c(C#N)cnn3c2)cn1.